The van der Waals surface area contributed by atoms with Crippen LogP contribution in [-0.4, -0.2) is 31.7 Å². The van der Waals surface area contributed by atoms with Crippen LogP contribution in [0.3, 0.4) is 0 Å². The van der Waals surface area contributed by atoms with Gasteiger partial charge in [-0.1, -0.05) is 62.4 Å². The van der Waals surface area contributed by atoms with E-state index in [0.717, 1.165) is 16.3 Å². The number of carbonyl (C=O) groups excluding carboxylic acids is 1. The molecule has 0 aliphatic heterocycles. The molecule has 5 nitrogen and oxygen atoms in total. The van der Waals surface area contributed by atoms with Crippen molar-refractivity contribution in [3.8, 4) is 0 Å². The van der Waals surface area contributed by atoms with E-state index in [2.05, 4.69) is 5.32 Å². The Hall–Kier alpha value is -2.70. The first-order chi connectivity index (χ1) is 13.9. The van der Waals surface area contributed by atoms with Gasteiger partial charge in [-0.15, -0.1) is 0 Å². The van der Waals surface area contributed by atoms with Gasteiger partial charge >= 0.3 is 0 Å². The number of nitrogens with one attached hydrogen (secondary N) is 1. The predicted octanol–water partition coefficient (Wildman–Crippen LogP) is 4.36. The van der Waals surface area contributed by atoms with Gasteiger partial charge in [0.25, 0.3) is 0 Å². The molecule has 3 rings (SSSR count). The zero-order chi connectivity index (χ0) is 21.0. The van der Waals surface area contributed by atoms with Gasteiger partial charge < -0.3 is 5.32 Å². The molecule has 0 aromatic heterocycles. The van der Waals surface area contributed by atoms with Crippen molar-refractivity contribution < 1.29 is 13.2 Å². The van der Waals surface area contributed by atoms with Gasteiger partial charge in [-0.3, -0.25) is 4.79 Å². The van der Waals surface area contributed by atoms with Crippen LogP contribution in [0.25, 0.3) is 10.8 Å². The molecule has 0 unspecified atom stereocenters. The van der Waals surface area contributed by atoms with Crippen LogP contribution in [-0.2, 0) is 21.2 Å². The normalized spacial score (nSPS) is 11.7. The number of anilines is 1. The maximum atomic E-state index is 12.9. The number of sulfonamides is 1. The molecule has 0 radical (unpaired) electrons. The number of nitrogens with zero attached hydrogens (tertiary/aromatic N) is 1. The van der Waals surface area contributed by atoms with Crippen LogP contribution in [0.5, 0.6) is 0 Å². The molecule has 0 aliphatic rings. The maximum Gasteiger partial charge on any atom is 0.243 e. The zero-order valence-corrected chi connectivity index (χ0v) is 17.8. The van der Waals surface area contributed by atoms with E-state index in [1.165, 1.54) is 4.31 Å². The van der Waals surface area contributed by atoms with E-state index in [4.69, 9.17) is 0 Å². The molecule has 6 heteroatoms. The molecule has 1 N–H and O–H groups in total. The van der Waals surface area contributed by atoms with Crippen molar-refractivity contribution >= 4 is 32.4 Å². The van der Waals surface area contributed by atoms with E-state index in [0.29, 0.717) is 24.3 Å². The van der Waals surface area contributed by atoms with Crippen LogP contribution >= 0.6 is 0 Å². The van der Waals surface area contributed by atoms with E-state index in [1.54, 1.807) is 25.1 Å². The first-order valence-corrected chi connectivity index (χ1v) is 11.2. The van der Waals surface area contributed by atoms with Gasteiger partial charge in [-0.2, -0.15) is 4.31 Å². The quantitative estimate of drug-likeness (QED) is 0.629. The van der Waals surface area contributed by atoms with Gasteiger partial charge in [-0.25, -0.2) is 8.42 Å². The Kier molecular flexibility index (Phi) is 6.35. The lowest BCUT2D eigenvalue weighted by molar-refractivity contribution is -0.115. The lowest BCUT2D eigenvalue weighted by atomic mass is 10.0. The highest BCUT2D eigenvalue weighted by molar-refractivity contribution is 7.89. The van der Waals surface area contributed by atoms with Gasteiger partial charge in [0.1, 0.15) is 0 Å². The monoisotopic (exact) mass is 410 g/mol. The maximum absolute atomic E-state index is 12.9. The molecule has 1 amide bonds. The number of aryl methyl sites for hydroxylation is 1. The Morgan fingerprint density at radius 1 is 0.966 bits per heavy atom. The first-order valence-electron chi connectivity index (χ1n) is 9.74. The molecule has 3 aromatic rings. The number of amides is 1. The fraction of sp³-hybridized carbons (Fsp3) is 0.261. The summed E-state index contributed by atoms with van der Waals surface area (Å²) in [5.74, 6) is -0.184. The molecule has 0 saturated heterocycles. The van der Waals surface area contributed by atoms with E-state index >= 15 is 0 Å². The van der Waals surface area contributed by atoms with Crippen LogP contribution in [0, 0.1) is 6.92 Å². The fourth-order valence-electron chi connectivity index (χ4n) is 3.48. The van der Waals surface area contributed by atoms with Crippen molar-refractivity contribution in [3.63, 3.8) is 0 Å². The summed E-state index contributed by atoms with van der Waals surface area (Å²) >= 11 is 0. The van der Waals surface area contributed by atoms with Crippen LogP contribution in [0.4, 0.5) is 5.69 Å². The van der Waals surface area contributed by atoms with E-state index in [9.17, 15) is 13.2 Å². The van der Waals surface area contributed by atoms with E-state index in [-0.39, 0.29) is 17.2 Å². The SMILES string of the molecule is CCN(CC)S(=O)(=O)c1cc(NC(=O)Cc2cccc3ccccc23)ccc1C. The van der Waals surface area contributed by atoms with Gasteiger partial charge in [0.05, 0.1) is 11.3 Å². The third-order valence-electron chi connectivity index (χ3n) is 5.03. The van der Waals surface area contributed by atoms with Crippen molar-refractivity contribution in [2.45, 2.75) is 32.1 Å². The van der Waals surface area contributed by atoms with Gasteiger partial charge in [0, 0.05) is 18.8 Å². The molecule has 3 aromatic carbocycles. The summed E-state index contributed by atoms with van der Waals surface area (Å²) in [7, 11) is -3.60. The minimum absolute atomic E-state index is 0.184. The third-order valence-corrected chi connectivity index (χ3v) is 7.22. The number of hydrogen-bond acceptors (Lipinski definition) is 3. The number of hydrogen-bond donors (Lipinski definition) is 1. The lowest BCUT2D eigenvalue weighted by Gasteiger charge is -2.20. The Balaban J connectivity index is 1.84. The summed E-state index contributed by atoms with van der Waals surface area (Å²) in [4.78, 5) is 12.9. The summed E-state index contributed by atoms with van der Waals surface area (Å²) in [6, 6.07) is 18.8. The van der Waals surface area contributed by atoms with Crippen molar-refractivity contribution in [2.24, 2.45) is 0 Å². The van der Waals surface area contributed by atoms with Gasteiger partial charge in [-0.05, 0) is 41.0 Å². The molecule has 0 bridgehead atoms. The second-order valence-electron chi connectivity index (χ2n) is 6.93. The van der Waals surface area contributed by atoms with Crippen LogP contribution in [0.2, 0.25) is 0 Å². The van der Waals surface area contributed by atoms with Crippen LogP contribution in [0.1, 0.15) is 25.0 Å². The average molecular weight is 411 g/mol. The van der Waals surface area contributed by atoms with Crippen molar-refractivity contribution in [1.29, 1.82) is 0 Å². The molecule has 0 fully saturated rings. The second kappa shape index (κ2) is 8.76. The van der Waals surface area contributed by atoms with Gasteiger partial charge in [0.15, 0.2) is 0 Å². The highest BCUT2D eigenvalue weighted by Gasteiger charge is 2.24. The van der Waals surface area contributed by atoms with Crippen molar-refractivity contribution in [2.75, 3.05) is 18.4 Å². The summed E-state index contributed by atoms with van der Waals surface area (Å²) in [5.41, 5.74) is 2.07. The largest absolute Gasteiger partial charge is 0.326 e. The minimum Gasteiger partial charge on any atom is -0.326 e. The van der Waals surface area contributed by atoms with Gasteiger partial charge in [0.2, 0.25) is 15.9 Å². The zero-order valence-electron chi connectivity index (χ0n) is 17.0. The Bertz CT molecular complexity index is 1130. The molecular formula is C23H26N2O3S. The van der Waals surface area contributed by atoms with Crippen LogP contribution in [0.15, 0.2) is 65.6 Å². The molecular weight excluding hydrogens is 384 g/mol. The lowest BCUT2D eigenvalue weighted by Crippen LogP contribution is -2.31. The standard InChI is InChI=1S/C23H26N2O3S/c1-4-25(5-2)29(27,28)22-16-20(14-13-17(22)3)24-23(26)15-19-11-8-10-18-9-6-7-12-21(18)19/h6-14,16H,4-5,15H2,1-3H3,(H,24,26). The summed E-state index contributed by atoms with van der Waals surface area (Å²) in [5, 5.41) is 4.97. The molecule has 29 heavy (non-hydrogen) atoms. The number of rotatable bonds is 7. The fourth-order valence-corrected chi connectivity index (χ4v) is 5.19. The number of benzene rings is 3. The smallest absolute Gasteiger partial charge is 0.243 e. The highest BCUT2D eigenvalue weighted by Crippen LogP contribution is 2.24. The summed E-state index contributed by atoms with van der Waals surface area (Å²) in [6.45, 7) is 6.18. The summed E-state index contributed by atoms with van der Waals surface area (Å²) < 4.78 is 27.2. The Labute approximate surface area is 172 Å². The van der Waals surface area contributed by atoms with E-state index in [1.807, 2.05) is 56.3 Å². The van der Waals surface area contributed by atoms with Crippen molar-refractivity contribution in [3.05, 3.63) is 71.8 Å². The molecule has 0 spiro atoms. The first kappa shape index (κ1) is 21.0. The molecule has 0 saturated carbocycles. The average Bonchev–Trinajstić information content (AvgIpc) is 2.70. The topological polar surface area (TPSA) is 66.5 Å². The summed E-state index contributed by atoms with van der Waals surface area (Å²) in [6.07, 6.45) is 0.216. The Morgan fingerprint density at radius 2 is 1.66 bits per heavy atom. The third kappa shape index (κ3) is 4.49. The van der Waals surface area contributed by atoms with Crippen LogP contribution < -0.4 is 5.32 Å². The van der Waals surface area contributed by atoms with Crippen molar-refractivity contribution in [1.82, 2.24) is 4.31 Å². The predicted molar refractivity (Wildman–Crippen MR) is 118 cm³/mol. The second-order valence-corrected chi connectivity index (χ2v) is 8.84. The molecule has 152 valence electrons. The molecule has 0 atom stereocenters. The minimum atomic E-state index is -3.60. The van der Waals surface area contributed by atoms with E-state index < -0.39 is 10.0 Å². The molecule has 0 aliphatic carbocycles. The number of fused-ring (bicyclic) bond motifs is 1. The molecule has 0 heterocycles. The number of carbonyl (C=O) groups is 1. The highest BCUT2D eigenvalue weighted by atomic mass is 32.2. The Morgan fingerprint density at radius 3 is 2.38 bits per heavy atom.